The number of quaternary nitrogens is 1. The van der Waals surface area contributed by atoms with Crippen LogP contribution in [0, 0.1) is 10.1 Å². The Balaban J connectivity index is 0.00000341. The first-order valence-corrected chi connectivity index (χ1v) is 10.4. The lowest BCUT2D eigenvalue weighted by Gasteiger charge is -2.31. The lowest BCUT2D eigenvalue weighted by atomic mass is 10.1. The fraction of sp³-hybridized carbons (Fsp3) is 0.500. The topological polar surface area (TPSA) is 110 Å². The molecule has 1 aliphatic carbocycles. The van der Waals surface area contributed by atoms with Crippen LogP contribution in [0.15, 0.2) is 22.7 Å². The lowest BCUT2D eigenvalue weighted by molar-refractivity contribution is -0.880. The highest BCUT2D eigenvalue weighted by Crippen LogP contribution is 2.37. The van der Waals surface area contributed by atoms with Gasteiger partial charge in [-0.15, -0.1) is 0 Å². The number of nitrogens with zero attached hydrogens (tertiary/aromatic N) is 3. The Morgan fingerprint density at radius 1 is 1.42 bits per heavy atom. The van der Waals surface area contributed by atoms with Crippen LogP contribution in [0.3, 0.4) is 0 Å². The van der Waals surface area contributed by atoms with Crippen LogP contribution in [0.1, 0.15) is 25.3 Å². The summed E-state index contributed by atoms with van der Waals surface area (Å²) in [5, 5.41) is 22.7. The standard InChI is InChI=1S/C20H25ClN4O5.ClH/c1-3-30-20(27)15(12-22-13-4-5-13)19(26)14-10-18(25(28)29)17(11-16(14)21)24-8-6-23(2)7-9-24;/h10-13,26H,3-9H2,1-2H3;1H/b19-15-,22-12?;. The fourth-order valence-electron chi connectivity index (χ4n) is 3.23. The maximum absolute atomic E-state index is 12.3. The number of carbonyl (C=O) groups is 1. The molecular formula is C20H26Cl2N4O5. The molecule has 0 amide bonds. The van der Waals surface area contributed by atoms with Gasteiger partial charge in [0.25, 0.3) is 5.69 Å². The number of hydrogen-bond donors (Lipinski definition) is 2. The highest BCUT2D eigenvalue weighted by Gasteiger charge is 2.28. The number of esters is 1. The maximum atomic E-state index is 12.3. The van der Waals surface area contributed by atoms with Gasteiger partial charge in [-0.2, -0.15) is 0 Å². The minimum atomic E-state index is -0.760. The molecule has 1 saturated heterocycles. The van der Waals surface area contributed by atoms with Crippen LogP contribution in [0.2, 0.25) is 5.02 Å². The number of anilines is 1. The first-order valence-electron chi connectivity index (χ1n) is 9.99. The van der Waals surface area contributed by atoms with E-state index in [-0.39, 0.29) is 46.9 Å². The molecule has 31 heavy (non-hydrogen) atoms. The summed E-state index contributed by atoms with van der Waals surface area (Å²) in [6.45, 7) is 4.79. The Morgan fingerprint density at radius 2 is 2.06 bits per heavy atom. The first-order chi connectivity index (χ1) is 14.3. The van der Waals surface area contributed by atoms with E-state index in [9.17, 15) is 20.0 Å². The number of aliphatic hydroxyl groups is 1. The number of likely N-dealkylation sites (N-methyl/N-ethyl adjacent to an activating group) is 1. The molecule has 2 fully saturated rings. The minimum Gasteiger partial charge on any atom is -1.00 e. The summed E-state index contributed by atoms with van der Waals surface area (Å²) in [6, 6.07) is 2.81. The second-order valence-corrected chi connectivity index (χ2v) is 7.92. The summed E-state index contributed by atoms with van der Waals surface area (Å²) in [7, 11) is 2.07. The van der Waals surface area contributed by atoms with Crippen LogP contribution >= 0.6 is 11.6 Å². The van der Waals surface area contributed by atoms with Crippen molar-refractivity contribution in [1.82, 2.24) is 0 Å². The quantitative estimate of drug-likeness (QED) is 0.127. The van der Waals surface area contributed by atoms with E-state index in [1.165, 1.54) is 23.2 Å². The van der Waals surface area contributed by atoms with E-state index >= 15 is 0 Å². The zero-order valence-corrected chi connectivity index (χ0v) is 18.9. The van der Waals surface area contributed by atoms with Crippen molar-refractivity contribution >= 4 is 40.9 Å². The maximum Gasteiger partial charge on any atom is 0.343 e. The fourth-order valence-corrected chi connectivity index (χ4v) is 3.48. The van der Waals surface area contributed by atoms with Gasteiger partial charge in [0, 0.05) is 17.8 Å². The highest BCUT2D eigenvalue weighted by atomic mass is 35.5. The van der Waals surface area contributed by atoms with Gasteiger partial charge in [0.1, 0.15) is 17.0 Å². The number of aliphatic hydroxyl groups excluding tert-OH is 1. The van der Waals surface area contributed by atoms with Gasteiger partial charge in [-0.05, 0) is 25.8 Å². The van der Waals surface area contributed by atoms with E-state index in [0.717, 1.165) is 25.9 Å². The van der Waals surface area contributed by atoms with Gasteiger partial charge >= 0.3 is 5.97 Å². The molecule has 1 aliphatic heterocycles. The van der Waals surface area contributed by atoms with Gasteiger partial charge in [-0.1, -0.05) is 11.6 Å². The monoisotopic (exact) mass is 472 g/mol. The molecular weight excluding hydrogens is 447 g/mol. The number of benzene rings is 1. The number of hydrogen-bond acceptors (Lipinski definition) is 7. The Hall–Kier alpha value is -2.36. The third kappa shape index (κ3) is 6.09. The van der Waals surface area contributed by atoms with Crippen molar-refractivity contribution in [3.05, 3.63) is 38.4 Å². The van der Waals surface area contributed by atoms with Crippen LogP contribution in [0.25, 0.3) is 5.76 Å². The van der Waals surface area contributed by atoms with E-state index < -0.39 is 16.7 Å². The molecule has 11 heteroatoms. The van der Waals surface area contributed by atoms with Crippen LogP contribution < -0.4 is 22.2 Å². The van der Waals surface area contributed by atoms with Crippen LogP contribution in [0.4, 0.5) is 11.4 Å². The van der Waals surface area contributed by atoms with E-state index in [4.69, 9.17) is 16.3 Å². The average Bonchev–Trinajstić information content (AvgIpc) is 3.53. The Labute approximate surface area is 191 Å². The predicted molar refractivity (Wildman–Crippen MR) is 115 cm³/mol. The average molecular weight is 473 g/mol. The van der Waals surface area contributed by atoms with Crippen LogP contribution in [-0.4, -0.2) is 68.1 Å². The van der Waals surface area contributed by atoms with E-state index in [2.05, 4.69) is 12.0 Å². The summed E-state index contributed by atoms with van der Waals surface area (Å²) in [5.41, 5.74) is 0.0503. The van der Waals surface area contributed by atoms with E-state index in [0.29, 0.717) is 18.8 Å². The van der Waals surface area contributed by atoms with Crippen molar-refractivity contribution in [2.24, 2.45) is 4.99 Å². The Morgan fingerprint density at radius 3 is 2.61 bits per heavy atom. The molecule has 1 heterocycles. The van der Waals surface area contributed by atoms with Crippen LogP contribution in [0.5, 0.6) is 0 Å². The Kier molecular flexibility index (Phi) is 8.67. The van der Waals surface area contributed by atoms with Gasteiger partial charge in [-0.25, -0.2) is 4.79 Å². The van der Waals surface area contributed by atoms with Crippen molar-refractivity contribution in [3.8, 4) is 0 Å². The zero-order valence-electron chi connectivity index (χ0n) is 17.4. The molecule has 9 nitrogen and oxygen atoms in total. The number of aliphatic imine (C=N–C) groups is 1. The van der Waals surface area contributed by atoms with Gasteiger partial charge in [0.2, 0.25) is 0 Å². The number of halogens is 2. The van der Waals surface area contributed by atoms with Crippen molar-refractivity contribution < 1.29 is 36.9 Å². The normalized spacial score (nSPS) is 17.8. The molecule has 0 atom stereocenters. The third-order valence-electron chi connectivity index (χ3n) is 5.19. The number of nitrogens with one attached hydrogen (secondary N) is 1. The SMILES string of the molecule is CCOC(=O)/C(C=NC1CC1)=C(\O)c1cc([N+](=O)[O-])c(N2CC[NH+](C)CC2)cc1Cl.[Cl-]. The zero-order chi connectivity index (χ0) is 21.8. The van der Waals surface area contributed by atoms with Gasteiger partial charge < -0.3 is 32.1 Å². The van der Waals surface area contributed by atoms with Crippen molar-refractivity contribution in [2.45, 2.75) is 25.8 Å². The number of carbonyl (C=O) groups excluding carboxylic acids is 1. The molecule has 170 valence electrons. The number of rotatable bonds is 7. The predicted octanol–water partition coefficient (Wildman–Crippen LogP) is -1.35. The molecule has 0 aromatic heterocycles. The van der Waals surface area contributed by atoms with Crippen molar-refractivity contribution in [3.63, 3.8) is 0 Å². The molecule has 3 rings (SSSR count). The summed E-state index contributed by atoms with van der Waals surface area (Å²) in [4.78, 5) is 31.1. The highest BCUT2D eigenvalue weighted by molar-refractivity contribution is 6.33. The summed E-state index contributed by atoms with van der Waals surface area (Å²) < 4.78 is 5.01. The second-order valence-electron chi connectivity index (χ2n) is 7.51. The second kappa shape index (κ2) is 10.8. The van der Waals surface area contributed by atoms with Gasteiger partial charge in [0.15, 0.2) is 0 Å². The minimum absolute atomic E-state index is 0. The largest absolute Gasteiger partial charge is 1.00 e. The third-order valence-corrected chi connectivity index (χ3v) is 5.50. The van der Waals surface area contributed by atoms with Gasteiger partial charge in [-0.3, -0.25) is 15.1 Å². The molecule has 2 aliphatic rings. The molecule has 1 aromatic rings. The smallest absolute Gasteiger partial charge is 0.343 e. The number of piperazine rings is 1. The van der Waals surface area contributed by atoms with Crippen LogP contribution in [-0.2, 0) is 9.53 Å². The summed E-state index contributed by atoms with van der Waals surface area (Å²) >= 11 is 6.40. The van der Waals surface area contributed by atoms with Crippen molar-refractivity contribution in [2.75, 3.05) is 44.7 Å². The number of nitro benzene ring substituents is 1. The van der Waals surface area contributed by atoms with E-state index in [1.54, 1.807) is 6.92 Å². The van der Waals surface area contributed by atoms with Crippen molar-refractivity contribution in [1.29, 1.82) is 0 Å². The molecule has 2 N–H and O–H groups in total. The first kappa shape index (κ1) is 24.9. The Bertz CT molecular complexity index is 894. The summed E-state index contributed by atoms with van der Waals surface area (Å²) in [6.07, 6.45) is 3.10. The van der Waals surface area contributed by atoms with Gasteiger partial charge in [0.05, 0.1) is 55.8 Å². The summed E-state index contributed by atoms with van der Waals surface area (Å²) in [5.74, 6) is -1.25. The number of ether oxygens (including phenoxy) is 1. The molecule has 0 radical (unpaired) electrons. The molecule has 0 unspecified atom stereocenters. The lowest BCUT2D eigenvalue weighted by Crippen LogP contribution is -3.12. The molecule has 1 aromatic carbocycles. The van der Waals surface area contributed by atoms with E-state index in [1.807, 2.05) is 4.90 Å². The molecule has 1 saturated carbocycles. The number of nitro groups is 1. The molecule has 0 spiro atoms. The molecule has 0 bridgehead atoms.